The number of allylic oxidation sites excluding steroid dienone is 2. The van der Waals surface area contributed by atoms with Crippen molar-refractivity contribution in [3.63, 3.8) is 0 Å². The minimum atomic E-state index is -2.06. The van der Waals surface area contributed by atoms with E-state index in [0.29, 0.717) is 11.0 Å². The fourth-order valence-corrected chi connectivity index (χ4v) is 9.02. The normalized spacial score (nSPS) is 31.2. The summed E-state index contributed by atoms with van der Waals surface area (Å²) in [5.74, 6) is -6.47. The van der Waals surface area contributed by atoms with Crippen molar-refractivity contribution in [3.05, 3.63) is 88.0 Å². The highest BCUT2D eigenvalue weighted by molar-refractivity contribution is 9.09. The van der Waals surface area contributed by atoms with Crippen LogP contribution in [-0.2, 0) is 19.2 Å². The maximum atomic E-state index is 14.1. The van der Waals surface area contributed by atoms with Gasteiger partial charge in [-0.3, -0.25) is 34.2 Å². The molecular formula is C31H22BrCl2N3O7. The molecule has 1 N–H and O–H groups in total. The zero-order chi connectivity index (χ0) is 31.3. The number of nitro benzene ring substituents is 1. The van der Waals surface area contributed by atoms with Crippen LogP contribution in [-0.4, -0.2) is 53.8 Å². The quantitative estimate of drug-likeness (QED) is 0.0966. The SMILES string of the molecule is O=C1C2CC=C3C(CC4(Cl)C(=O)N(CBr)C(=O)C4(Cl)C3c3ccc4ccccc4c3O)C2C(=O)N1c1cccc([N+](=O)[O-])c1. The Hall–Kier alpha value is -3.80. The monoisotopic (exact) mass is 697 g/mol. The van der Waals surface area contributed by atoms with Crippen molar-refractivity contribution < 1.29 is 29.2 Å². The van der Waals surface area contributed by atoms with E-state index in [4.69, 9.17) is 23.2 Å². The minimum absolute atomic E-state index is 0.0644. The predicted octanol–water partition coefficient (Wildman–Crippen LogP) is 5.37. The van der Waals surface area contributed by atoms with Crippen molar-refractivity contribution in [2.24, 2.45) is 17.8 Å². The number of benzene rings is 3. The Bertz CT molecular complexity index is 1880. The summed E-state index contributed by atoms with van der Waals surface area (Å²) in [6.07, 6.45) is 1.66. The number of phenolic OH excluding ortho intramolecular Hbond substituents is 1. The number of nitro groups is 1. The van der Waals surface area contributed by atoms with E-state index in [0.717, 1.165) is 21.3 Å². The average Bonchev–Trinajstić information content (AvgIpc) is 3.35. The highest BCUT2D eigenvalue weighted by atomic mass is 79.9. The minimum Gasteiger partial charge on any atom is -0.507 e. The van der Waals surface area contributed by atoms with E-state index < -0.39 is 62.0 Å². The molecule has 2 aliphatic heterocycles. The zero-order valence-electron chi connectivity index (χ0n) is 22.7. The summed E-state index contributed by atoms with van der Waals surface area (Å²) in [4.78, 5) is 64.3. The number of phenols is 1. The fourth-order valence-electron chi connectivity index (χ4n) is 7.60. The van der Waals surface area contributed by atoms with Gasteiger partial charge in [0.05, 0.1) is 27.9 Å². The molecule has 0 spiro atoms. The first kappa shape index (κ1) is 28.9. The van der Waals surface area contributed by atoms with E-state index in [-0.39, 0.29) is 41.0 Å². The summed E-state index contributed by atoms with van der Waals surface area (Å²) in [5.41, 5.74) is 0.413. The number of rotatable bonds is 4. The molecule has 7 rings (SSSR count). The summed E-state index contributed by atoms with van der Waals surface area (Å²) in [5, 5.41) is 24.3. The highest BCUT2D eigenvalue weighted by Gasteiger charge is 2.76. The van der Waals surface area contributed by atoms with Gasteiger partial charge in [-0.2, -0.15) is 0 Å². The van der Waals surface area contributed by atoms with E-state index in [1.165, 1.54) is 18.2 Å². The molecule has 0 radical (unpaired) electrons. The van der Waals surface area contributed by atoms with E-state index in [9.17, 15) is 34.4 Å². The Morgan fingerprint density at radius 2 is 1.73 bits per heavy atom. The molecule has 6 atom stereocenters. The molecule has 224 valence electrons. The Kier molecular flexibility index (Phi) is 6.48. The summed E-state index contributed by atoms with van der Waals surface area (Å²) in [7, 11) is 0. The smallest absolute Gasteiger partial charge is 0.271 e. The van der Waals surface area contributed by atoms with Gasteiger partial charge in [-0.25, -0.2) is 4.90 Å². The lowest BCUT2D eigenvalue weighted by Crippen LogP contribution is -2.60. The van der Waals surface area contributed by atoms with Crippen LogP contribution in [0.3, 0.4) is 0 Å². The third kappa shape index (κ3) is 3.60. The number of alkyl halides is 3. The first-order valence-corrected chi connectivity index (χ1v) is 15.7. The molecule has 0 aromatic heterocycles. The highest BCUT2D eigenvalue weighted by Crippen LogP contribution is 2.66. The molecule has 3 aromatic rings. The van der Waals surface area contributed by atoms with Gasteiger partial charge in [-0.1, -0.05) is 70.0 Å². The maximum absolute atomic E-state index is 14.1. The number of carbonyl (C=O) groups excluding carboxylic acids is 4. The van der Waals surface area contributed by atoms with Crippen molar-refractivity contribution in [3.8, 4) is 5.75 Å². The van der Waals surface area contributed by atoms with E-state index in [1.807, 2.05) is 12.1 Å². The molecule has 44 heavy (non-hydrogen) atoms. The third-order valence-corrected chi connectivity index (χ3v) is 11.5. The topological polar surface area (TPSA) is 138 Å². The van der Waals surface area contributed by atoms with Crippen molar-refractivity contribution in [2.75, 3.05) is 10.4 Å². The van der Waals surface area contributed by atoms with Gasteiger partial charge >= 0.3 is 0 Å². The van der Waals surface area contributed by atoms with Gasteiger partial charge in [0.15, 0.2) is 9.75 Å². The molecule has 13 heteroatoms. The lowest BCUT2D eigenvalue weighted by molar-refractivity contribution is -0.384. The molecule has 4 amide bonds. The number of amides is 4. The van der Waals surface area contributed by atoms with Gasteiger partial charge in [0.1, 0.15) is 5.75 Å². The van der Waals surface area contributed by atoms with Crippen molar-refractivity contribution >= 4 is 84.9 Å². The van der Waals surface area contributed by atoms with Crippen LogP contribution in [0.25, 0.3) is 10.8 Å². The second kappa shape index (κ2) is 9.85. The number of hydrogen-bond donors (Lipinski definition) is 1. The van der Waals surface area contributed by atoms with Gasteiger partial charge in [0.25, 0.3) is 17.5 Å². The molecule has 10 nitrogen and oxygen atoms in total. The van der Waals surface area contributed by atoms with Crippen molar-refractivity contribution in [2.45, 2.75) is 28.5 Å². The predicted molar refractivity (Wildman–Crippen MR) is 165 cm³/mol. The van der Waals surface area contributed by atoms with Crippen LogP contribution < -0.4 is 4.90 Å². The molecule has 3 aromatic carbocycles. The number of likely N-dealkylation sites (tertiary alicyclic amines) is 1. The average molecular weight is 699 g/mol. The van der Waals surface area contributed by atoms with Crippen molar-refractivity contribution in [1.29, 1.82) is 0 Å². The Balaban J connectivity index is 1.41. The van der Waals surface area contributed by atoms with Gasteiger partial charge in [-0.15, -0.1) is 23.2 Å². The molecule has 2 heterocycles. The van der Waals surface area contributed by atoms with E-state index >= 15 is 0 Å². The van der Waals surface area contributed by atoms with E-state index in [1.54, 1.807) is 30.3 Å². The number of non-ortho nitro benzene ring substituents is 1. The number of fused-ring (bicyclic) bond motifs is 5. The second-order valence-corrected chi connectivity index (χ2v) is 13.2. The number of carbonyl (C=O) groups is 4. The van der Waals surface area contributed by atoms with Crippen LogP contribution >= 0.6 is 39.1 Å². The van der Waals surface area contributed by atoms with Crippen LogP contribution in [0.1, 0.15) is 24.3 Å². The second-order valence-electron chi connectivity index (χ2n) is 11.5. The van der Waals surface area contributed by atoms with Gasteiger partial charge in [-0.05, 0) is 30.2 Å². The maximum Gasteiger partial charge on any atom is 0.271 e. The number of nitrogens with zero attached hydrogens (tertiary/aromatic N) is 3. The van der Waals surface area contributed by atoms with Crippen molar-refractivity contribution in [1.82, 2.24) is 4.90 Å². The summed E-state index contributed by atoms with van der Waals surface area (Å²) in [6.45, 7) is 0. The third-order valence-electron chi connectivity index (χ3n) is 9.56. The summed E-state index contributed by atoms with van der Waals surface area (Å²) < 4.78 is 0. The summed E-state index contributed by atoms with van der Waals surface area (Å²) >= 11 is 17.7. The standard InChI is InChI=1S/C31H22BrCl2N3O7/c32-14-35-28(41)30(33)13-22-19(24(31(30,34)29(35)42)21-9-8-15-4-1-2-7-18(15)25(21)38)10-11-20-23(22)27(40)36(26(20)39)16-5-3-6-17(12-16)37(43)44/h1-10,12,20,22-24,38H,11,13-14H2. The zero-order valence-corrected chi connectivity index (χ0v) is 25.8. The van der Waals surface area contributed by atoms with Crippen LogP contribution in [0.15, 0.2) is 72.3 Å². The molecule has 2 saturated heterocycles. The molecule has 1 saturated carbocycles. The largest absolute Gasteiger partial charge is 0.507 e. The molecule has 0 bridgehead atoms. The number of anilines is 1. The lowest BCUT2D eigenvalue weighted by Gasteiger charge is -2.50. The molecule has 3 fully saturated rings. The number of aromatic hydroxyl groups is 1. The first-order chi connectivity index (χ1) is 21.0. The number of imide groups is 2. The Morgan fingerprint density at radius 1 is 0.977 bits per heavy atom. The van der Waals surface area contributed by atoms with Crippen LogP contribution in [0, 0.1) is 27.9 Å². The molecule has 6 unspecified atom stereocenters. The summed E-state index contributed by atoms with van der Waals surface area (Å²) in [6, 6.07) is 15.8. The fraction of sp³-hybridized carbons (Fsp3) is 0.290. The lowest BCUT2D eigenvalue weighted by atomic mass is 9.56. The van der Waals surface area contributed by atoms with Gasteiger partial charge in [0, 0.05) is 29.0 Å². The van der Waals surface area contributed by atoms with Crippen LogP contribution in [0.4, 0.5) is 11.4 Å². The Labute approximate surface area is 268 Å². The molecule has 2 aliphatic carbocycles. The van der Waals surface area contributed by atoms with Gasteiger partial charge in [0.2, 0.25) is 11.8 Å². The molecule has 4 aliphatic rings. The number of halogens is 3. The first-order valence-electron chi connectivity index (χ1n) is 13.8. The number of hydrogen-bond acceptors (Lipinski definition) is 7. The van der Waals surface area contributed by atoms with Gasteiger partial charge < -0.3 is 5.11 Å². The Morgan fingerprint density at radius 3 is 2.45 bits per heavy atom. The molecular weight excluding hydrogens is 677 g/mol. The van der Waals surface area contributed by atoms with Crippen LogP contribution in [0.2, 0.25) is 0 Å². The van der Waals surface area contributed by atoms with E-state index in [2.05, 4.69) is 15.9 Å². The van der Waals surface area contributed by atoms with Crippen LogP contribution in [0.5, 0.6) is 5.75 Å².